The summed E-state index contributed by atoms with van der Waals surface area (Å²) in [7, 11) is 3.59. The van der Waals surface area contributed by atoms with Crippen LogP contribution in [0.1, 0.15) is 17.4 Å². The van der Waals surface area contributed by atoms with Gasteiger partial charge in [0, 0.05) is 6.54 Å². The fourth-order valence-corrected chi connectivity index (χ4v) is 1.83. The number of aliphatic hydroxyl groups is 1. The molecule has 0 radical (unpaired) electrons. The molecule has 1 aliphatic heterocycles. The van der Waals surface area contributed by atoms with Crippen molar-refractivity contribution >= 4 is 0 Å². The van der Waals surface area contributed by atoms with Crippen LogP contribution in [0.5, 0.6) is 5.75 Å². The Morgan fingerprint density at radius 2 is 2.29 bits per heavy atom. The van der Waals surface area contributed by atoms with Gasteiger partial charge in [0.1, 0.15) is 12.0 Å². The molecule has 0 spiro atoms. The van der Waals surface area contributed by atoms with Crippen molar-refractivity contribution in [1.82, 2.24) is 4.90 Å². The molecular weight excluding hydrogens is 178 g/mol. The van der Waals surface area contributed by atoms with Gasteiger partial charge >= 0.3 is 0 Å². The third-order valence-electron chi connectivity index (χ3n) is 2.78. The molecule has 0 saturated heterocycles. The van der Waals surface area contributed by atoms with Crippen LogP contribution < -0.4 is 4.74 Å². The Labute approximate surface area is 83.9 Å². The second kappa shape index (κ2) is 3.59. The molecule has 0 fully saturated rings. The molecule has 1 aliphatic rings. The van der Waals surface area contributed by atoms with E-state index >= 15 is 0 Å². The van der Waals surface area contributed by atoms with Gasteiger partial charge in [-0.1, -0.05) is 6.07 Å². The van der Waals surface area contributed by atoms with Crippen molar-refractivity contribution in [2.24, 2.45) is 0 Å². The summed E-state index contributed by atoms with van der Waals surface area (Å²) < 4.78 is 5.15. The molecule has 1 N–H and O–H groups in total. The van der Waals surface area contributed by atoms with Gasteiger partial charge in [0.25, 0.3) is 0 Å². The van der Waals surface area contributed by atoms with E-state index in [4.69, 9.17) is 4.74 Å². The van der Waals surface area contributed by atoms with Crippen LogP contribution in [0.2, 0.25) is 0 Å². The van der Waals surface area contributed by atoms with E-state index in [1.54, 1.807) is 7.11 Å². The third-order valence-corrected chi connectivity index (χ3v) is 2.78. The highest BCUT2D eigenvalue weighted by atomic mass is 16.5. The van der Waals surface area contributed by atoms with E-state index in [0.29, 0.717) is 0 Å². The first-order valence-corrected chi connectivity index (χ1v) is 4.77. The van der Waals surface area contributed by atoms with E-state index in [1.807, 2.05) is 30.1 Å². The first-order valence-electron chi connectivity index (χ1n) is 4.77. The highest BCUT2D eigenvalue weighted by Gasteiger charge is 2.22. The molecule has 2 rings (SSSR count). The smallest absolute Gasteiger partial charge is 0.133 e. The molecule has 0 amide bonds. The van der Waals surface area contributed by atoms with E-state index in [0.717, 1.165) is 24.3 Å². The van der Waals surface area contributed by atoms with Crippen molar-refractivity contribution < 1.29 is 9.84 Å². The maximum Gasteiger partial charge on any atom is 0.133 e. The topological polar surface area (TPSA) is 32.7 Å². The van der Waals surface area contributed by atoms with Gasteiger partial charge in [-0.3, -0.25) is 4.90 Å². The van der Waals surface area contributed by atoms with Crippen molar-refractivity contribution in [3.8, 4) is 5.75 Å². The Morgan fingerprint density at radius 1 is 1.50 bits per heavy atom. The van der Waals surface area contributed by atoms with Crippen LogP contribution in [-0.4, -0.2) is 30.7 Å². The minimum atomic E-state index is -0.468. The summed E-state index contributed by atoms with van der Waals surface area (Å²) in [6.45, 7) is 0.890. The zero-order chi connectivity index (χ0) is 10.1. The zero-order valence-electron chi connectivity index (χ0n) is 8.53. The molecule has 1 aromatic carbocycles. The first-order chi connectivity index (χ1) is 6.72. The Balaban J connectivity index is 2.38. The predicted octanol–water partition coefficient (Wildman–Crippen LogP) is 1.17. The van der Waals surface area contributed by atoms with Gasteiger partial charge in [-0.05, 0) is 36.7 Å². The SMILES string of the molecule is COc1ccc2c(c1)CCN(C)C2O. The Bertz CT molecular complexity index is 338. The lowest BCUT2D eigenvalue weighted by molar-refractivity contribution is 0.0127. The molecule has 1 unspecified atom stereocenters. The van der Waals surface area contributed by atoms with Gasteiger partial charge in [0.05, 0.1) is 7.11 Å². The predicted molar refractivity (Wildman–Crippen MR) is 54.3 cm³/mol. The van der Waals surface area contributed by atoms with Gasteiger partial charge in [-0.15, -0.1) is 0 Å². The van der Waals surface area contributed by atoms with Crippen LogP contribution >= 0.6 is 0 Å². The lowest BCUT2D eigenvalue weighted by atomic mass is 9.98. The summed E-state index contributed by atoms with van der Waals surface area (Å²) in [5.41, 5.74) is 2.19. The van der Waals surface area contributed by atoms with Crippen molar-refractivity contribution in [2.45, 2.75) is 12.6 Å². The van der Waals surface area contributed by atoms with Gasteiger partial charge in [-0.2, -0.15) is 0 Å². The van der Waals surface area contributed by atoms with Crippen LogP contribution in [0.15, 0.2) is 18.2 Å². The van der Waals surface area contributed by atoms with Crippen LogP contribution in [0.25, 0.3) is 0 Å². The van der Waals surface area contributed by atoms with E-state index < -0.39 is 6.23 Å². The molecule has 1 heterocycles. The summed E-state index contributed by atoms with van der Waals surface area (Å²) >= 11 is 0. The first kappa shape index (κ1) is 9.49. The number of rotatable bonds is 1. The molecule has 3 heteroatoms. The molecule has 14 heavy (non-hydrogen) atoms. The third kappa shape index (κ3) is 1.49. The largest absolute Gasteiger partial charge is 0.497 e. The van der Waals surface area contributed by atoms with Gasteiger partial charge in [0.2, 0.25) is 0 Å². The number of fused-ring (bicyclic) bond motifs is 1. The number of benzene rings is 1. The number of aliphatic hydroxyl groups excluding tert-OH is 1. The fraction of sp³-hybridized carbons (Fsp3) is 0.455. The van der Waals surface area contributed by atoms with Crippen LogP contribution in [-0.2, 0) is 6.42 Å². The number of hydrogen-bond donors (Lipinski definition) is 1. The summed E-state index contributed by atoms with van der Waals surface area (Å²) in [5, 5.41) is 9.88. The summed E-state index contributed by atoms with van der Waals surface area (Å²) in [6.07, 6.45) is 0.504. The molecule has 1 aromatic rings. The fourth-order valence-electron chi connectivity index (χ4n) is 1.83. The average molecular weight is 193 g/mol. The number of hydrogen-bond acceptors (Lipinski definition) is 3. The standard InChI is InChI=1S/C11H15NO2/c1-12-6-5-8-7-9(14-2)3-4-10(8)11(12)13/h3-4,7,11,13H,5-6H2,1-2H3. The van der Waals surface area contributed by atoms with Crippen LogP contribution in [0.4, 0.5) is 0 Å². The second-order valence-electron chi connectivity index (χ2n) is 3.67. The molecule has 0 bridgehead atoms. The van der Waals surface area contributed by atoms with E-state index in [2.05, 4.69) is 0 Å². The Kier molecular flexibility index (Phi) is 2.44. The minimum absolute atomic E-state index is 0.468. The molecule has 76 valence electrons. The van der Waals surface area contributed by atoms with E-state index in [9.17, 15) is 5.11 Å². The van der Waals surface area contributed by atoms with Crippen LogP contribution in [0, 0.1) is 0 Å². The van der Waals surface area contributed by atoms with Crippen molar-refractivity contribution in [3.63, 3.8) is 0 Å². The van der Waals surface area contributed by atoms with E-state index in [1.165, 1.54) is 5.56 Å². The van der Waals surface area contributed by atoms with Crippen molar-refractivity contribution in [2.75, 3.05) is 20.7 Å². The summed E-state index contributed by atoms with van der Waals surface area (Å²) in [6, 6.07) is 5.83. The Morgan fingerprint density at radius 3 is 3.00 bits per heavy atom. The average Bonchev–Trinajstić information content (AvgIpc) is 2.23. The van der Waals surface area contributed by atoms with Gasteiger partial charge < -0.3 is 9.84 Å². The van der Waals surface area contributed by atoms with E-state index in [-0.39, 0.29) is 0 Å². The van der Waals surface area contributed by atoms with Crippen molar-refractivity contribution in [3.05, 3.63) is 29.3 Å². The molecule has 0 aromatic heterocycles. The maximum atomic E-state index is 9.88. The molecule has 1 atom stereocenters. The number of methoxy groups -OCH3 is 1. The number of nitrogens with zero attached hydrogens (tertiary/aromatic N) is 1. The summed E-state index contributed by atoms with van der Waals surface area (Å²) in [5.74, 6) is 0.862. The molecule has 0 aliphatic carbocycles. The minimum Gasteiger partial charge on any atom is -0.497 e. The van der Waals surface area contributed by atoms with Gasteiger partial charge in [0.15, 0.2) is 0 Å². The monoisotopic (exact) mass is 193 g/mol. The highest BCUT2D eigenvalue weighted by Crippen LogP contribution is 2.29. The Hall–Kier alpha value is -1.06. The van der Waals surface area contributed by atoms with Crippen LogP contribution in [0.3, 0.4) is 0 Å². The number of ether oxygens (including phenoxy) is 1. The lowest BCUT2D eigenvalue weighted by Crippen LogP contribution is -2.31. The van der Waals surface area contributed by atoms with Gasteiger partial charge in [-0.25, -0.2) is 0 Å². The zero-order valence-corrected chi connectivity index (χ0v) is 8.53. The van der Waals surface area contributed by atoms with Crippen molar-refractivity contribution in [1.29, 1.82) is 0 Å². The highest BCUT2D eigenvalue weighted by molar-refractivity contribution is 5.38. The maximum absolute atomic E-state index is 9.88. The lowest BCUT2D eigenvalue weighted by Gasteiger charge is -2.30. The second-order valence-corrected chi connectivity index (χ2v) is 3.67. The quantitative estimate of drug-likeness (QED) is 0.726. The normalized spacial score (nSPS) is 21.8. The molecular formula is C11H15NO2. The molecule has 3 nitrogen and oxygen atoms in total. The number of likely N-dealkylation sites (N-methyl/N-ethyl adjacent to an activating group) is 1. The molecule has 0 saturated carbocycles. The summed E-state index contributed by atoms with van der Waals surface area (Å²) in [4.78, 5) is 1.94.